The molecule has 0 heterocycles. The number of nitrogens with one attached hydrogen (secondary N) is 2. The number of carbonyl (C=O) groups is 2. The van der Waals surface area contributed by atoms with Gasteiger partial charge < -0.3 is 30.7 Å². The fourth-order valence-electron chi connectivity index (χ4n) is 5.30. The highest BCUT2D eigenvalue weighted by atomic mass is 16.6. The number of aliphatic hydroxyl groups is 3. The molecule has 6 atom stereocenters. The van der Waals surface area contributed by atoms with E-state index in [1.54, 1.807) is 45.0 Å². The van der Waals surface area contributed by atoms with E-state index in [0.29, 0.717) is 12.0 Å². The van der Waals surface area contributed by atoms with Gasteiger partial charge in [0.25, 0.3) is 0 Å². The molecule has 0 saturated carbocycles. The predicted molar refractivity (Wildman–Crippen MR) is 156 cm³/mol. The first kappa shape index (κ1) is 30.2. The number of fused-ring (bicyclic) bond motifs is 1. The van der Waals surface area contributed by atoms with Crippen molar-refractivity contribution >= 4 is 12.0 Å². The zero-order chi connectivity index (χ0) is 29.6. The van der Waals surface area contributed by atoms with Gasteiger partial charge in [0.1, 0.15) is 5.60 Å². The van der Waals surface area contributed by atoms with Crippen molar-refractivity contribution < 1.29 is 29.6 Å². The highest BCUT2D eigenvalue weighted by molar-refractivity contribution is 5.80. The average Bonchev–Trinajstić information content (AvgIpc) is 3.25. The van der Waals surface area contributed by atoms with Gasteiger partial charge in [0.05, 0.1) is 36.3 Å². The van der Waals surface area contributed by atoms with Crippen LogP contribution in [-0.2, 0) is 22.4 Å². The second kappa shape index (κ2) is 13.3. The minimum absolute atomic E-state index is 0.153. The quantitative estimate of drug-likeness (QED) is 0.255. The lowest BCUT2D eigenvalue weighted by Crippen LogP contribution is -2.49. The van der Waals surface area contributed by atoms with E-state index >= 15 is 0 Å². The topological polar surface area (TPSA) is 128 Å². The van der Waals surface area contributed by atoms with E-state index in [-0.39, 0.29) is 12.8 Å². The maximum Gasteiger partial charge on any atom is 0.407 e. The molecule has 0 radical (unpaired) electrons. The largest absolute Gasteiger partial charge is 0.444 e. The summed E-state index contributed by atoms with van der Waals surface area (Å²) >= 11 is 0. The summed E-state index contributed by atoms with van der Waals surface area (Å²) in [4.78, 5) is 26.5. The van der Waals surface area contributed by atoms with Gasteiger partial charge in [-0.25, -0.2) is 4.79 Å². The maximum absolute atomic E-state index is 13.8. The van der Waals surface area contributed by atoms with E-state index in [1.165, 1.54) is 0 Å². The van der Waals surface area contributed by atoms with Crippen molar-refractivity contribution in [3.05, 3.63) is 107 Å². The molecule has 218 valence electrons. The number of hydrogen-bond donors (Lipinski definition) is 5. The Labute approximate surface area is 241 Å². The van der Waals surface area contributed by atoms with E-state index < -0.39 is 53.9 Å². The Hall–Kier alpha value is -3.72. The number of rotatable bonds is 10. The van der Waals surface area contributed by atoms with Gasteiger partial charge in [0.2, 0.25) is 5.91 Å². The maximum atomic E-state index is 13.8. The van der Waals surface area contributed by atoms with Crippen LogP contribution in [-0.4, -0.2) is 51.2 Å². The van der Waals surface area contributed by atoms with Crippen LogP contribution in [0.5, 0.6) is 0 Å². The Morgan fingerprint density at radius 1 is 0.927 bits per heavy atom. The summed E-state index contributed by atoms with van der Waals surface area (Å²) in [5, 5.41) is 39.3. The minimum Gasteiger partial charge on any atom is -0.444 e. The number of hydrogen-bond acceptors (Lipinski definition) is 6. The van der Waals surface area contributed by atoms with Crippen LogP contribution in [0, 0.1) is 5.92 Å². The fraction of sp³-hybridized carbons (Fsp3) is 0.394. The van der Waals surface area contributed by atoms with Crippen LogP contribution >= 0.6 is 0 Å². The number of benzene rings is 3. The molecule has 0 bridgehead atoms. The van der Waals surface area contributed by atoms with Crippen LogP contribution in [0.15, 0.2) is 84.9 Å². The molecule has 8 heteroatoms. The van der Waals surface area contributed by atoms with Gasteiger partial charge in [0.15, 0.2) is 0 Å². The molecule has 0 aromatic heterocycles. The Bertz CT molecular complexity index is 1290. The molecular formula is C33H40N2O6. The summed E-state index contributed by atoms with van der Waals surface area (Å²) in [5.41, 5.74) is 2.44. The van der Waals surface area contributed by atoms with Crippen LogP contribution in [0.25, 0.3) is 0 Å². The van der Waals surface area contributed by atoms with Crippen LogP contribution in [0.2, 0.25) is 0 Å². The molecule has 0 aliphatic heterocycles. The van der Waals surface area contributed by atoms with Crippen LogP contribution in [0.1, 0.15) is 61.6 Å². The molecule has 2 amide bonds. The zero-order valence-electron chi connectivity index (χ0n) is 23.7. The number of aliphatic hydroxyl groups excluding tert-OH is 3. The van der Waals surface area contributed by atoms with E-state index in [4.69, 9.17) is 4.74 Å². The number of amides is 2. The van der Waals surface area contributed by atoms with Gasteiger partial charge in [-0.05, 0) is 55.9 Å². The Kier molecular flexibility index (Phi) is 9.81. The van der Waals surface area contributed by atoms with Gasteiger partial charge >= 0.3 is 6.09 Å². The molecule has 1 aliphatic carbocycles. The van der Waals surface area contributed by atoms with Gasteiger partial charge in [-0.15, -0.1) is 0 Å². The molecule has 0 unspecified atom stereocenters. The first-order valence-electron chi connectivity index (χ1n) is 14.0. The third kappa shape index (κ3) is 8.16. The summed E-state index contributed by atoms with van der Waals surface area (Å²) in [5.74, 6) is -1.58. The minimum atomic E-state index is -1.24. The molecule has 41 heavy (non-hydrogen) atoms. The van der Waals surface area contributed by atoms with Crippen molar-refractivity contribution in [1.82, 2.24) is 10.6 Å². The van der Waals surface area contributed by atoms with Crippen molar-refractivity contribution in [3.63, 3.8) is 0 Å². The summed E-state index contributed by atoms with van der Waals surface area (Å²) in [6, 6.07) is 24.3. The molecule has 5 N–H and O–H groups in total. The van der Waals surface area contributed by atoms with Crippen LogP contribution < -0.4 is 10.6 Å². The van der Waals surface area contributed by atoms with Crippen LogP contribution in [0.3, 0.4) is 0 Å². The SMILES string of the molecule is CC(C)(C)OC(=O)N[C@@H](Cc1ccccc1)[C@H](O)C[C@@H](C(=O)N[C@H]1c2ccccc2C[C@H]1O)[C@H](O)c1ccccc1. The van der Waals surface area contributed by atoms with Crippen molar-refractivity contribution in [3.8, 4) is 0 Å². The van der Waals surface area contributed by atoms with E-state index in [2.05, 4.69) is 10.6 Å². The van der Waals surface area contributed by atoms with E-state index in [0.717, 1.165) is 16.7 Å². The third-order valence-electron chi connectivity index (χ3n) is 7.32. The summed E-state index contributed by atoms with van der Waals surface area (Å²) in [6.45, 7) is 5.25. The second-order valence-corrected chi connectivity index (χ2v) is 11.7. The number of ether oxygens (including phenoxy) is 1. The van der Waals surface area contributed by atoms with Crippen LogP contribution in [0.4, 0.5) is 4.79 Å². The lowest BCUT2D eigenvalue weighted by atomic mass is 9.86. The monoisotopic (exact) mass is 560 g/mol. The molecule has 0 fully saturated rings. The van der Waals surface area contributed by atoms with E-state index in [9.17, 15) is 24.9 Å². The molecular weight excluding hydrogens is 520 g/mol. The average molecular weight is 561 g/mol. The van der Waals surface area contributed by atoms with Gasteiger partial charge in [-0.1, -0.05) is 84.9 Å². The lowest BCUT2D eigenvalue weighted by molar-refractivity contribution is -0.132. The van der Waals surface area contributed by atoms with E-state index in [1.807, 2.05) is 60.7 Å². The molecule has 1 aliphatic rings. The molecule has 0 spiro atoms. The third-order valence-corrected chi connectivity index (χ3v) is 7.32. The van der Waals surface area contributed by atoms with Crippen molar-refractivity contribution in [1.29, 1.82) is 0 Å². The molecule has 0 saturated heterocycles. The molecule has 3 aromatic rings. The smallest absolute Gasteiger partial charge is 0.407 e. The predicted octanol–water partition coefficient (Wildman–Crippen LogP) is 4.00. The first-order valence-corrected chi connectivity index (χ1v) is 14.0. The normalized spacial score (nSPS) is 19.4. The van der Waals surface area contributed by atoms with Gasteiger partial charge in [0, 0.05) is 6.42 Å². The highest BCUT2D eigenvalue weighted by Gasteiger charge is 2.38. The van der Waals surface area contributed by atoms with Gasteiger partial charge in [-0.3, -0.25) is 4.79 Å². The summed E-state index contributed by atoms with van der Waals surface area (Å²) in [6.07, 6.45) is -3.40. The zero-order valence-corrected chi connectivity index (χ0v) is 23.7. The molecule has 4 rings (SSSR count). The standard InChI is InChI=1S/C33H40N2O6/c1-33(2,3)41-32(40)34-26(18-21-12-6-4-7-13-21)27(36)20-25(30(38)22-14-8-5-9-15-22)31(39)35-29-24-17-11-10-16-23(24)19-28(29)37/h4-17,25-30,36-38H,18-20H2,1-3H3,(H,34,40)(H,35,39)/t25-,26+,27-,28-,29+,30-/m1/s1. The summed E-state index contributed by atoms with van der Waals surface area (Å²) < 4.78 is 5.44. The van der Waals surface area contributed by atoms with Crippen molar-refractivity contribution in [2.75, 3.05) is 0 Å². The number of carbonyl (C=O) groups excluding carboxylic acids is 2. The molecule has 3 aromatic carbocycles. The van der Waals surface area contributed by atoms with Gasteiger partial charge in [-0.2, -0.15) is 0 Å². The Morgan fingerprint density at radius 2 is 1.54 bits per heavy atom. The highest BCUT2D eigenvalue weighted by Crippen LogP contribution is 2.33. The van der Waals surface area contributed by atoms with Crippen molar-refractivity contribution in [2.45, 2.75) is 76.0 Å². The Balaban J connectivity index is 1.59. The first-order chi connectivity index (χ1) is 19.5. The number of alkyl carbamates (subject to hydrolysis) is 1. The lowest BCUT2D eigenvalue weighted by Gasteiger charge is -2.31. The molecule has 8 nitrogen and oxygen atoms in total. The van der Waals surface area contributed by atoms with Crippen molar-refractivity contribution in [2.24, 2.45) is 5.92 Å². The Morgan fingerprint density at radius 3 is 2.20 bits per heavy atom. The second-order valence-electron chi connectivity index (χ2n) is 11.7. The fourth-order valence-corrected chi connectivity index (χ4v) is 5.30. The summed E-state index contributed by atoms with van der Waals surface area (Å²) in [7, 11) is 0.